The van der Waals surface area contributed by atoms with Gasteiger partial charge in [-0.2, -0.15) is 0 Å². The van der Waals surface area contributed by atoms with Gasteiger partial charge in [0.05, 0.1) is 0 Å². The first kappa shape index (κ1) is 33.4. The minimum absolute atomic E-state index is 0.0547. The van der Waals surface area contributed by atoms with Gasteiger partial charge in [0.15, 0.2) is 0 Å². The van der Waals surface area contributed by atoms with Gasteiger partial charge in [-0.15, -0.1) is 0 Å². The van der Waals surface area contributed by atoms with Crippen LogP contribution in [0.4, 0.5) is 0 Å². The van der Waals surface area contributed by atoms with Crippen LogP contribution in [0.25, 0.3) is 10.8 Å². The molecule has 1 aliphatic carbocycles. The van der Waals surface area contributed by atoms with Crippen molar-refractivity contribution in [2.75, 3.05) is 47.3 Å². The van der Waals surface area contributed by atoms with Crippen molar-refractivity contribution < 1.29 is 14.4 Å². The average Bonchev–Trinajstić information content (AvgIpc) is 3.06. The standard InChI is InChI=1S/C38H49N5O3/c1-40-22-24-43(25-23-40)37(46)34(27-29-12-5-4-6-13-29)42(3)36(45)33(28-30-17-18-31-14-7-8-15-32(31)26-30)41(2)35(44)16-9-10-19-38(39)20-11-21-38/h4-10,12-15,17-18,26,33-34H,11,16,19-25,27-28,39H2,1-3H3/t33-,34?/m1/s1. The van der Waals surface area contributed by atoms with Crippen LogP contribution in [0, 0.1) is 0 Å². The summed E-state index contributed by atoms with van der Waals surface area (Å²) in [5, 5.41) is 2.20. The van der Waals surface area contributed by atoms with Crippen molar-refractivity contribution in [1.29, 1.82) is 0 Å². The summed E-state index contributed by atoms with van der Waals surface area (Å²) in [7, 11) is 5.48. The van der Waals surface area contributed by atoms with Crippen molar-refractivity contribution in [1.82, 2.24) is 19.6 Å². The molecule has 1 unspecified atom stereocenters. The molecular weight excluding hydrogens is 574 g/mol. The molecule has 0 aromatic heterocycles. The lowest BCUT2D eigenvalue weighted by molar-refractivity contribution is -0.150. The topological polar surface area (TPSA) is 90.2 Å². The number of amides is 3. The Morgan fingerprint density at radius 2 is 1.46 bits per heavy atom. The molecule has 2 fully saturated rings. The lowest BCUT2D eigenvalue weighted by Gasteiger charge is -2.39. The number of likely N-dealkylation sites (N-methyl/N-ethyl adjacent to an activating group) is 3. The summed E-state index contributed by atoms with van der Waals surface area (Å²) in [6.07, 6.45) is 8.73. The Labute approximate surface area is 273 Å². The van der Waals surface area contributed by atoms with Crippen molar-refractivity contribution in [3.63, 3.8) is 0 Å². The molecule has 3 aromatic carbocycles. The van der Waals surface area contributed by atoms with Crippen molar-refractivity contribution >= 4 is 28.5 Å². The fraction of sp³-hybridized carbons (Fsp3) is 0.447. The molecule has 3 amide bonds. The Hall–Kier alpha value is -4.01. The van der Waals surface area contributed by atoms with E-state index in [1.54, 1.807) is 23.9 Å². The zero-order valence-electron chi connectivity index (χ0n) is 27.6. The molecule has 2 atom stereocenters. The molecule has 2 N–H and O–H groups in total. The van der Waals surface area contributed by atoms with Gasteiger partial charge in [-0.05, 0) is 54.6 Å². The number of carbonyl (C=O) groups excluding carboxylic acids is 3. The zero-order valence-corrected chi connectivity index (χ0v) is 27.6. The van der Waals surface area contributed by atoms with Crippen LogP contribution in [0.5, 0.6) is 0 Å². The molecule has 1 saturated carbocycles. The Morgan fingerprint density at radius 3 is 2.13 bits per heavy atom. The van der Waals surface area contributed by atoms with Crippen LogP contribution in [0.15, 0.2) is 84.9 Å². The van der Waals surface area contributed by atoms with Gasteiger partial charge in [0, 0.05) is 65.1 Å². The fourth-order valence-corrected chi connectivity index (χ4v) is 6.49. The Balaban J connectivity index is 1.40. The minimum Gasteiger partial charge on any atom is -0.338 e. The van der Waals surface area contributed by atoms with Crippen LogP contribution >= 0.6 is 0 Å². The van der Waals surface area contributed by atoms with Crippen LogP contribution < -0.4 is 5.73 Å². The lowest BCUT2D eigenvalue weighted by Crippen LogP contribution is -2.58. The van der Waals surface area contributed by atoms with Crippen molar-refractivity contribution in [3.8, 4) is 0 Å². The predicted molar refractivity (Wildman–Crippen MR) is 184 cm³/mol. The summed E-state index contributed by atoms with van der Waals surface area (Å²) < 4.78 is 0. The highest BCUT2D eigenvalue weighted by molar-refractivity contribution is 5.93. The van der Waals surface area contributed by atoms with Crippen LogP contribution in [-0.4, -0.2) is 102 Å². The summed E-state index contributed by atoms with van der Waals surface area (Å²) in [5.41, 5.74) is 8.16. The molecule has 0 radical (unpaired) electrons. The van der Waals surface area contributed by atoms with Gasteiger partial charge in [0.1, 0.15) is 12.1 Å². The molecule has 8 nitrogen and oxygen atoms in total. The van der Waals surface area contributed by atoms with Gasteiger partial charge >= 0.3 is 0 Å². The minimum atomic E-state index is -0.780. The number of rotatable bonds is 12. The van der Waals surface area contributed by atoms with Gasteiger partial charge in [0.25, 0.3) is 0 Å². The highest BCUT2D eigenvalue weighted by Crippen LogP contribution is 2.32. The zero-order chi connectivity index (χ0) is 32.7. The summed E-state index contributed by atoms with van der Waals surface area (Å²) in [5.74, 6) is -0.443. The van der Waals surface area contributed by atoms with E-state index in [4.69, 9.17) is 5.73 Å². The average molecular weight is 624 g/mol. The van der Waals surface area contributed by atoms with Gasteiger partial charge in [0.2, 0.25) is 17.7 Å². The van der Waals surface area contributed by atoms with Crippen LogP contribution in [0.2, 0.25) is 0 Å². The first-order valence-electron chi connectivity index (χ1n) is 16.6. The van der Waals surface area contributed by atoms with Gasteiger partial charge in [-0.3, -0.25) is 14.4 Å². The van der Waals surface area contributed by atoms with E-state index in [9.17, 15) is 14.4 Å². The maximum Gasteiger partial charge on any atom is 0.246 e. The van der Waals surface area contributed by atoms with E-state index in [0.717, 1.165) is 60.7 Å². The van der Waals surface area contributed by atoms with E-state index in [0.29, 0.717) is 25.9 Å². The highest BCUT2D eigenvalue weighted by atomic mass is 16.2. The van der Waals surface area contributed by atoms with E-state index in [1.165, 1.54) is 0 Å². The van der Waals surface area contributed by atoms with Gasteiger partial charge in [-0.1, -0.05) is 84.9 Å². The van der Waals surface area contributed by atoms with Crippen molar-refractivity contribution in [2.24, 2.45) is 5.73 Å². The quantitative estimate of drug-likeness (QED) is 0.305. The second-order valence-corrected chi connectivity index (χ2v) is 13.3. The molecule has 1 aliphatic heterocycles. The Kier molecular flexibility index (Phi) is 10.9. The third kappa shape index (κ3) is 8.22. The van der Waals surface area contributed by atoms with Gasteiger partial charge in [-0.25, -0.2) is 0 Å². The number of nitrogens with two attached hydrogens (primary N) is 1. The smallest absolute Gasteiger partial charge is 0.246 e. The van der Waals surface area contributed by atoms with Crippen LogP contribution in [0.3, 0.4) is 0 Å². The third-order valence-corrected chi connectivity index (χ3v) is 9.91. The van der Waals surface area contributed by atoms with E-state index in [1.807, 2.05) is 65.6 Å². The number of carbonyl (C=O) groups is 3. The molecule has 0 bridgehead atoms. The molecule has 2 aliphatic rings. The second-order valence-electron chi connectivity index (χ2n) is 13.3. The predicted octanol–water partition coefficient (Wildman–Crippen LogP) is 4.27. The Morgan fingerprint density at radius 1 is 0.804 bits per heavy atom. The molecule has 8 heteroatoms. The first-order chi connectivity index (χ1) is 22.1. The van der Waals surface area contributed by atoms with E-state index >= 15 is 0 Å². The fourth-order valence-electron chi connectivity index (χ4n) is 6.49. The van der Waals surface area contributed by atoms with E-state index < -0.39 is 12.1 Å². The lowest BCUT2D eigenvalue weighted by atomic mass is 9.75. The number of benzene rings is 3. The number of hydrogen-bond acceptors (Lipinski definition) is 5. The molecule has 46 heavy (non-hydrogen) atoms. The molecule has 1 saturated heterocycles. The second kappa shape index (κ2) is 15.1. The number of nitrogens with zero attached hydrogens (tertiary/aromatic N) is 4. The monoisotopic (exact) mass is 623 g/mol. The normalized spacial score (nSPS) is 17.8. The molecule has 0 spiro atoms. The Bertz CT molecular complexity index is 1530. The molecule has 1 heterocycles. The first-order valence-corrected chi connectivity index (χ1v) is 16.6. The molecular formula is C38H49N5O3. The van der Waals surface area contributed by atoms with Crippen molar-refractivity contribution in [3.05, 3.63) is 96.1 Å². The third-order valence-electron chi connectivity index (χ3n) is 9.91. The maximum atomic E-state index is 14.6. The van der Waals surface area contributed by atoms with Crippen molar-refractivity contribution in [2.45, 2.75) is 62.6 Å². The summed E-state index contributed by atoms with van der Waals surface area (Å²) in [6, 6.07) is 22.7. The SMILES string of the molecule is CN1CCN(C(=O)C(Cc2ccccc2)N(C)C(=O)[C@@H](Cc2ccc3ccccc3c2)N(C)C(=O)CC=CCC2(N)CCC2)CC1. The number of hydrogen-bond donors (Lipinski definition) is 1. The number of piperazine rings is 1. The highest BCUT2D eigenvalue weighted by Gasteiger charge is 2.37. The summed E-state index contributed by atoms with van der Waals surface area (Å²) in [4.78, 5) is 49.5. The molecule has 5 rings (SSSR count). The maximum absolute atomic E-state index is 14.6. The van der Waals surface area contributed by atoms with Crippen LogP contribution in [-0.2, 0) is 27.2 Å². The number of fused-ring (bicyclic) bond motifs is 1. The summed E-state index contributed by atoms with van der Waals surface area (Å²) >= 11 is 0. The molecule has 244 valence electrons. The largest absolute Gasteiger partial charge is 0.338 e. The van der Waals surface area contributed by atoms with E-state index in [2.05, 4.69) is 36.2 Å². The van der Waals surface area contributed by atoms with Crippen LogP contribution in [0.1, 0.15) is 43.2 Å². The summed E-state index contributed by atoms with van der Waals surface area (Å²) in [6.45, 7) is 2.83. The van der Waals surface area contributed by atoms with E-state index in [-0.39, 0.29) is 29.7 Å². The molecule has 3 aromatic rings. The van der Waals surface area contributed by atoms with Gasteiger partial charge < -0.3 is 25.3 Å².